The Morgan fingerprint density at radius 1 is 1.28 bits per heavy atom. The lowest BCUT2D eigenvalue weighted by atomic mass is 10.1. The highest BCUT2D eigenvalue weighted by Crippen LogP contribution is 2.29. The molecule has 1 rings (SSSR count). The first-order valence-corrected chi connectivity index (χ1v) is 8.90. The van der Waals surface area contributed by atoms with E-state index in [-0.39, 0.29) is 36.3 Å². The Bertz CT molecular complexity index is 664. The predicted molar refractivity (Wildman–Crippen MR) is 102 cm³/mol. The quantitative estimate of drug-likeness (QED) is 0.360. The van der Waals surface area contributed by atoms with Gasteiger partial charge in [-0.25, -0.2) is 13.6 Å². The summed E-state index contributed by atoms with van der Waals surface area (Å²) in [7, 11) is -1.89. The van der Waals surface area contributed by atoms with E-state index < -0.39 is 21.8 Å². The number of rotatable bonds is 6. The van der Waals surface area contributed by atoms with Gasteiger partial charge in [-0.2, -0.15) is 13.2 Å². The fraction of sp³-hybridized carbons (Fsp3) is 0.500. The maximum atomic E-state index is 12.5. The van der Waals surface area contributed by atoms with Crippen molar-refractivity contribution in [3.63, 3.8) is 0 Å². The van der Waals surface area contributed by atoms with Crippen molar-refractivity contribution in [3.8, 4) is 0 Å². The van der Waals surface area contributed by atoms with Gasteiger partial charge < -0.3 is 10.2 Å². The molecule has 1 aromatic rings. The molecule has 1 aromatic carbocycles. The van der Waals surface area contributed by atoms with Gasteiger partial charge in [-0.15, -0.1) is 24.0 Å². The van der Waals surface area contributed by atoms with Gasteiger partial charge in [0.2, 0.25) is 10.0 Å². The van der Waals surface area contributed by atoms with Gasteiger partial charge in [-0.05, 0) is 24.6 Å². The van der Waals surface area contributed by atoms with Crippen LogP contribution in [0.2, 0.25) is 0 Å². The Balaban J connectivity index is 0.00000576. The molecule has 0 fully saturated rings. The topological polar surface area (TPSA) is 87.8 Å². The number of hydrogen-bond donors (Lipinski definition) is 2. The Kier molecular flexibility index (Phi) is 9.72. The smallest absolute Gasteiger partial charge is 0.357 e. The minimum absolute atomic E-state index is 0. The predicted octanol–water partition coefficient (Wildman–Crippen LogP) is 2.01. The van der Waals surface area contributed by atoms with Crippen LogP contribution in [-0.4, -0.2) is 45.2 Å². The van der Waals surface area contributed by atoms with E-state index in [1.165, 1.54) is 12.1 Å². The summed E-state index contributed by atoms with van der Waals surface area (Å²) in [6.07, 6.45) is -4.37. The highest BCUT2D eigenvalue weighted by atomic mass is 127. The summed E-state index contributed by atoms with van der Waals surface area (Å²) in [4.78, 5) is 5.83. The first-order chi connectivity index (χ1) is 11.0. The number of alkyl halides is 3. The van der Waals surface area contributed by atoms with E-state index in [0.717, 1.165) is 12.1 Å². The first kappa shape index (κ1) is 23.9. The van der Waals surface area contributed by atoms with Crippen molar-refractivity contribution in [2.75, 3.05) is 25.9 Å². The Morgan fingerprint density at radius 2 is 1.84 bits per heavy atom. The molecule has 144 valence electrons. The molecule has 0 spiro atoms. The van der Waals surface area contributed by atoms with E-state index in [1.54, 1.807) is 11.9 Å². The number of hydrogen-bond acceptors (Lipinski definition) is 3. The lowest BCUT2D eigenvalue weighted by Gasteiger charge is -2.22. The average molecular weight is 494 g/mol. The standard InChI is InChI=1S/C14H21F3N4O2S.HI/c1-3-19-13(20-8-9-24(18,22)23)21(2)10-11-4-6-12(7-5-11)14(15,16)17;/h4-7H,3,8-10H2,1-2H3,(H,19,20)(H2,18,22,23);1H. The highest BCUT2D eigenvalue weighted by Gasteiger charge is 2.29. The SMILES string of the molecule is CCNC(=NCCS(N)(=O)=O)N(C)Cc1ccc(C(F)(F)F)cc1.I. The molecule has 11 heteroatoms. The molecule has 0 aliphatic carbocycles. The Labute approximate surface area is 162 Å². The maximum Gasteiger partial charge on any atom is 0.416 e. The van der Waals surface area contributed by atoms with Crippen molar-refractivity contribution in [3.05, 3.63) is 35.4 Å². The van der Waals surface area contributed by atoms with Crippen molar-refractivity contribution in [2.24, 2.45) is 10.1 Å². The molecule has 0 saturated carbocycles. The van der Waals surface area contributed by atoms with E-state index >= 15 is 0 Å². The van der Waals surface area contributed by atoms with Crippen LogP contribution < -0.4 is 10.5 Å². The molecule has 0 saturated heterocycles. The minimum atomic E-state index is -4.37. The Morgan fingerprint density at radius 3 is 2.28 bits per heavy atom. The molecule has 0 heterocycles. The fourth-order valence-corrected chi connectivity index (χ4v) is 2.24. The zero-order valence-corrected chi connectivity index (χ0v) is 17.0. The molecule has 0 radical (unpaired) electrons. The lowest BCUT2D eigenvalue weighted by molar-refractivity contribution is -0.137. The molecule has 0 unspecified atom stereocenters. The van der Waals surface area contributed by atoms with Crippen LogP contribution in [0.4, 0.5) is 13.2 Å². The number of primary sulfonamides is 1. The lowest BCUT2D eigenvalue weighted by Crippen LogP contribution is -2.39. The van der Waals surface area contributed by atoms with Gasteiger partial charge in [-0.1, -0.05) is 12.1 Å². The van der Waals surface area contributed by atoms with Crippen molar-refractivity contribution < 1.29 is 21.6 Å². The molecule has 0 atom stereocenters. The summed E-state index contributed by atoms with van der Waals surface area (Å²) in [6.45, 7) is 2.73. The number of nitrogens with zero attached hydrogens (tertiary/aromatic N) is 2. The summed E-state index contributed by atoms with van der Waals surface area (Å²) in [5.41, 5.74) is -0.0369. The number of sulfonamides is 1. The number of nitrogens with one attached hydrogen (secondary N) is 1. The van der Waals surface area contributed by atoms with Gasteiger partial charge in [0.05, 0.1) is 17.9 Å². The fourth-order valence-electron chi connectivity index (χ4n) is 1.90. The number of nitrogens with two attached hydrogens (primary N) is 1. The van der Waals surface area contributed by atoms with Crippen LogP contribution in [0.25, 0.3) is 0 Å². The van der Waals surface area contributed by atoms with E-state index in [9.17, 15) is 21.6 Å². The molecule has 0 bridgehead atoms. The summed E-state index contributed by atoms with van der Waals surface area (Å²) in [6, 6.07) is 4.84. The van der Waals surface area contributed by atoms with Crippen molar-refractivity contribution >= 4 is 40.0 Å². The molecule has 3 N–H and O–H groups in total. The normalized spacial score (nSPS) is 12.5. The van der Waals surface area contributed by atoms with E-state index in [4.69, 9.17) is 5.14 Å². The highest BCUT2D eigenvalue weighted by molar-refractivity contribution is 14.0. The summed E-state index contributed by atoms with van der Waals surface area (Å²) in [5, 5.41) is 7.91. The summed E-state index contributed by atoms with van der Waals surface area (Å²) >= 11 is 0. The van der Waals surface area contributed by atoms with Crippen molar-refractivity contribution in [2.45, 2.75) is 19.6 Å². The van der Waals surface area contributed by atoms with E-state index in [0.29, 0.717) is 24.6 Å². The molecule has 0 amide bonds. The molecule has 0 aliphatic heterocycles. The third-order valence-electron chi connectivity index (χ3n) is 3.03. The van der Waals surface area contributed by atoms with Crippen LogP contribution >= 0.6 is 24.0 Å². The van der Waals surface area contributed by atoms with Gasteiger partial charge in [0.25, 0.3) is 0 Å². The van der Waals surface area contributed by atoms with Gasteiger partial charge >= 0.3 is 6.18 Å². The zero-order chi connectivity index (χ0) is 18.4. The number of halogens is 4. The van der Waals surface area contributed by atoms with E-state index in [1.807, 2.05) is 6.92 Å². The van der Waals surface area contributed by atoms with Crippen LogP contribution in [0.5, 0.6) is 0 Å². The molecule has 0 aromatic heterocycles. The Hall–Kier alpha value is -1.08. The number of aliphatic imine (C=N–C) groups is 1. The van der Waals surface area contributed by atoms with Crippen LogP contribution in [0.3, 0.4) is 0 Å². The van der Waals surface area contributed by atoms with Crippen LogP contribution in [0.15, 0.2) is 29.3 Å². The molecule has 6 nitrogen and oxygen atoms in total. The number of guanidine groups is 1. The van der Waals surface area contributed by atoms with Gasteiger partial charge in [-0.3, -0.25) is 4.99 Å². The van der Waals surface area contributed by atoms with Crippen molar-refractivity contribution in [1.29, 1.82) is 0 Å². The summed E-state index contributed by atoms with van der Waals surface area (Å²) in [5.74, 6) is 0.164. The third-order valence-corrected chi connectivity index (χ3v) is 3.79. The zero-order valence-electron chi connectivity index (χ0n) is 13.9. The van der Waals surface area contributed by atoms with Gasteiger partial charge in [0.1, 0.15) is 0 Å². The van der Waals surface area contributed by atoms with Crippen LogP contribution in [-0.2, 0) is 22.7 Å². The van der Waals surface area contributed by atoms with Crippen molar-refractivity contribution in [1.82, 2.24) is 10.2 Å². The van der Waals surface area contributed by atoms with Gasteiger partial charge in [0.15, 0.2) is 5.96 Å². The number of benzene rings is 1. The minimum Gasteiger partial charge on any atom is -0.357 e. The first-order valence-electron chi connectivity index (χ1n) is 7.19. The second-order valence-corrected chi connectivity index (χ2v) is 6.89. The second kappa shape index (κ2) is 10.2. The van der Waals surface area contributed by atoms with Crippen LogP contribution in [0.1, 0.15) is 18.1 Å². The van der Waals surface area contributed by atoms with Gasteiger partial charge in [0, 0.05) is 20.1 Å². The monoisotopic (exact) mass is 494 g/mol. The maximum absolute atomic E-state index is 12.5. The average Bonchev–Trinajstić information content (AvgIpc) is 2.44. The van der Waals surface area contributed by atoms with Crippen LogP contribution in [0, 0.1) is 0 Å². The largest absolute Gasteiger partial charge is 0.416 e. The molecular weight excluding hydrogens is 472 g/mol. The molecule has 0 aliphatic rings. The third kappa shape index (κ3) is 9.26. The molecular formula is C14H22F3IN4O2S. The second-order valence-electron chi connectivity index (χ2n) is 5.15. The molecule has 25 heavy (non-hydrogen) atoms. The summed E-state index contributed by atoms with van der Waals surface area (Å²) < 4.78 is 59.5. The van der Waals surface area contributed by atoms with E-state index in [2.05, 4.69) is 10.3 Å².